The zero-order valence-corrected chi connectivity index (χ0v) is 21.7. The van der Waals surface area contributed by atoms with Gasteiger partial charge in [0.1, 0.15) is 17.3 Å². The Morgan fingerprint density at radius 1 is 0.972 bits per heavy atom. The number of hydrogen-bond acceptors (Lipinski definition) is 8. The number of nitrogens with one attached hydrogen (secondary N) is 1. The maximum atomic E-state index is 15.0. The van der Waals surface area contributed by atoms with E-state index in [2.05, 4.69) is 54.5 Å². The molecule has 2 aliphatic heterocycles. The van der Waals surface area contributed by atoms with Crippen molar-refractivity contribution in [1.82, 2.24) is 19.3 Å². The number of halogens is 2. The topological polar surface area (TPSA) is 60.4 Å². The van der Waals surface area contributed by atoms with Crippen LogP contribution in [0.2, 0.25) is 0 Å². The van der Waals surface area contributed by atoms with Gasteiger partial charge in [0.2, 0.25) is 5.95 Å². The summed E-state index contributed by atoms with van der Waals surface area (Å²) >= 11 is 1.77. The summed E-state index contributed by atoms with van der Waals surface area (Å²) in [6.45, 7) is 8.92. The Hall–Kier alpha value is -2.98. The molecule has 2 aromatic heterocycles. The Labute approximate surface area is 215 Å². The molecular formula is C26H31F2N7S. The van der Waals surface area contributed by atoms with Crippen molar-refractivity contribution in [2.75, 3.05) is 54.1 Å². The van der Waals surface area contributed by atoms with Crippen molar-refractivity contribution >= 4 is 35.1 Å². The van der Waals surface area contributed by atoms with Gasteiger partial charge in [0, 0.05) is 55.6 Å². The largest absolute Gasteiger partial charge is 0.369 e. The number of fused-ring (bicyclic) bond motifs is 1. The highest BCUT2D eigenvalue weighted by Crippen LogP contribution is 2.35. The predicted octanol–water partition coefficient (Wildman–Crippen LogP) is 5.12. The average Bonchev–Trinajstić information content (AvgIpc) is 2.90. The molecule has 1 aromatic carbocycles. The summed E-state index contributed by atoms with van der Waals surface area (Å²) in [5.41, 5.74) is 3.02. The summed E-state index contributed by atoms with van der Waals surface area (Å²) in [6.07, 6.45) is 6.61. The van der Waals surface area contributed by atoms with Crippen LogP contribution in [0.4, 0.5) is 31.9 Å². The molecule has 0 saturated carbocycles. The van der Waals surface area contributed by atoms with Crippen LogP contribution >= 0.6 is 11.9 Å². The molecule has 4 heterocycles. The van der Waals surface area contributed by atoms with Gasteiger partial charge in [0.15, 0.2) is 5.82 Å². The fourth-order valence-electron chi connectivity index (χ4n) is 4.87. The second kappa shape index (κ2) is 10.6. The molecule has 10 heteroatoms. The Kier molecular flexibility index (Phi) is 7.25. The lowest BCUT2D eigenvalue weighted by Gasteiger charge is -2.35. The van der Waals surface area contributed by atoms with E-state index in [-0.39, 0.29) is 23.5 Å². The molecule has 0 aliphatic carbocycles. The summed E-state index contributed by atoms with van der Waals surface area (Å²) in [5, 5.41) is 3.06. The van der Waals surface area contributed by atoms with Crippen LogP contribution in [0.5, 0.6) is 0 Å². The number of aromatic nitrogens is 3. The van der Waals surface area contributed by atoms with Crippen molar-refractivity contribution in [3.8, 4) is 11.3 Å². The van der Waals surface area contributed by atoms with Gasteiger partial charge in [0.25, 0.3) is 0 Å². The molecule has 7 nitrogen and oxygen atoms in total. The molecular weight excluding hydrogens is 480 g/mol. The van der Waals surface area contributed by atoms with E-state index in [0.717, 1.165) is 56.7 Å². The van der Waals surface area contributed by atoms with Crippen molar-refractivity contribution in [2.24, 2.45) is 0 Å². The van der Waals surface area contributed by atoms with E-state index < -0.39 is 5.82 Å². The standard InChI is InChI=1S/C26H31F2N7S/c1-17(2)35-8-4-5-20-21(27)13-18(14-23(20)35)25-22(28)16-30-26(32-25)31-24-7-6-19(15-29-24)33-9-11-34(36-3)12-10-33/h6-7,13-17H,4-5,8-12H2,1-3H3,(H,29,30,31,32). The van der Waals surface area contributed by atoms with Crippen molar-refractivity contribution in [3.05, 3.63) is 53.9 Å². The Bertz CT molecular complexity index is 1210. The fourth-order valence-corrected chi connectivity index (χ4v) is 5.39. The second-order valence-electron chi connectivity index (χ2n) is 9.36. The van der Waals surface area contributed by atoms with Gasteiger partial charge in [-0.05, 0) is 57.2 Å². The SMILES string of the molecule is CSN1CCN(c2ccc(Nc3ncc(F)c(-c4cc(F)c5c(c4)N(C(C)C)CCC5)n3)nc2)CC1. The zero-order chi connectivity index (χ0) is 25.2. The minimum atomic E-state index is -0.598. The normalized spacial score (nSPS) is 16.4. The summed E-state index contributed by atoms with van der Waals surface area (Å²) in [6, 6.07) is 7.31. The van der Waals surface area contributed by atoms with E-state index >= 15 is 4.39 Å². The number of piperazine rings is 1. The number of rotatable bonds is 6. The van der Waals surface area contributed by atoms with E-state index in [1.807, 2.05) is 24.4 Å². The number of pyridine rings is 1. The Morgan fingerprint density at radius 3 is 2.47 bits per heavy atom. The summed E-state index contributed by atoms with van der Waals surface area (Å²) in [4.78, 5) is 17.4. The highest BCUT2D eigenvalue weighted by atomic mass is 32.2. The van der Waals surface area contributed by atoms with Crippen LogP contribution in [-0.2, 0) is 6.42 Å². The first-order valence-electron chi connectivity index (χ1n) is 12.3. The van der Waals surface area contributed by atoms with E-state index in [9.17, 15) is 4.39 Å². The van der Waals surface area contributed by atoms with Gasteiger partial charge in [0.05, 0.1) is 18.1 Å². The number of benzene rings is 1. The van der Waals surface area contributed by atoms with E-state index in [1.165, 1.54) is 6.07 Å². The molecule has 0 spiro atoms. The van der Waals surface area contributed by atoms with E-state index in [0.29, 0.717) is 23.4 Å². The molecule has 0 atom stereocenters. The van der Waals surface area contributed by atoms with Crippen molar-refractivity contribution in [2.45, 2.75) is 32.7 Å². The van der Waals surface area contributed by atoms with Gasteiger partial charge in [-0.3, -0.25) is 0 Å². The van der Waals surface area contributed by atoms with Gasteiger partial charge in [-0.25, -0.2) is 28.0 Å². The molecule has 5 rings (SSSR count). The number of nitrogens with zero attached hydrogens (tertiary/aromatic N) is 6. The quantitative estimate of drug-likeness (QED) is 0.458. The second-order valence-corrected chi connectivity index (χ2v) is 10.2. The lowest BCUT2D eigenvalue weighted by atomic mass is 9.96. The summed E-state index contributed by atoms with van der Waals surface area (Å²) < 4.78 is 32.2. The third kappa shape index (κ3) is 5.10. The van der Waals surface area contributed by atoms with Gasteiger partial charge in [-0.15, -0.1) is 0 Å². The monoisotopic (exact) mass is 511 g/mol. The maximum absolute atomic E-state index is 15.0. The molecule has 1 fully saturated rings. The molecule has 190 valence electrons. The predicted molar refractivity (Wildman–Crippen MR) is 143 cm³/mol. The van der Waals surface area contributed by atoms with Crippen LogP contribution in [0.1, 0.15) is 25.8 Å². The molecule has 36 heavy (non-hydrogen) atoms. The first kappa shape index (κ1) is 24.7. The van der Waals surface area contributed by atoms with Crippen molar-refractivity contribution in [3.63, 3.8) is 0 Å². The van der Waals surface area contributed by atoms with E-state index in [1.54, 1.807) is 11.9 Å². The first-order chi connectivity index (χ1) is 17.4. The average molecular weight is 512 g/mol. The first-order valence-corrected chi connectivity index (χ1v) is 13.5. The maximum Gasteiger partial charge on any atom is 0.229 e. The minimum Gasteiger partial charge on any atom is -0.369 e. The third-order valence-corrected chi connectivity index (χ3v) is 7.68. The van der Waals surface area contributed by atoms with Crippen molar-refractivity contribution < 1.29 is 8.78 Å². The van der Waals surface area contributed by atoms with Crippen LogP contribution < -0.4 is 15.1 Å². The van der Waals surface area contributed by atoms with Crippen LogP contribution in [0.25, 0.3) is 11.3 Å². The third-order valence-electron chi connectivity index (χ3n) is 6.80. The van der Waals surface area contributed by atoms with E-state index in [4.69, 9.17) is 0 Å². The van der Waals surface area contributed by atoms with Gasteiger partial charge in [-0.2, -0.15) is 0 Å². The summed E-state index contributed by atoms with van der Waals surface area (Å²) in [5.74, 6) is -0.156. The highest BCUT2D eigenvalue weighted by molar-refractivity contribution is 7.96. The van der Waals surface area contributed by atoms with Crippen LogP contribution in [0.15, 0.2) is 36.7 Å². The molecule has 0 radical (unpaired) electrons. The number of anilines is 4. The van der Waals surface area contributed by atoms with Gasteiger partial charge in [-0.1, -0.05) is 11.9 Å². The zero-order valence-electron chi connectivity index (χ0n) is 20.8. The van der Waals surface area contributed by atoms with Crippen LogP contribution in [-0.4, -0.2) is 64.3 Å². The van der Waals surface area contributed by atoms with Crippen molar-refractivity contribution in [1.29, 1.82) is 0 Å². The Balaban J connectivity index is 1.36. The molecule has 1 N–H and O–H groups in total. The lowest BCUT2D eigenvalue weighted by molar-refractivity contribution is 0.431. The molecule has 3 aromatic rings. The molecule has 0 amide bonds. The van der Waals surface area contributed by atoms with Gasteiger partial charge < -0.3 is 15.1 Å². The molecule has 2 aliphatic rings. The minimum absolute atomic E-state index is 0.0618. The molecule has 0 bridgehead atoms. The van der Waals surface area contributed by atoms with Crippen LogP contribution in [0.3, 0.4) is 0 Å². The van der Waals surface area contributed by atoms with Crippen LogP contribution in [0, 0.1) is 11.6 Å². The van der Waals surface area contributed by atoms with Gasteiger partial charge >= 0.3 is 0 Å². The lowest BCUT2D eigenvalue weighted by Crippen LogP contribution is -2.43. The summed E-state index contributed by atoms with van der Waals surface area (Å²) in [7, 11) is 0. The smallest absolute Gasteiger partial charge is 0.229 e. The fraction of sp³-hybridized carbons (Fsp3) is 0.423. The number of hydrogen-bond donors (Lipinski definition) is 1. The highest BCUT2D eigenvalue weighted by Gasteiger charge is 2.24. The Morgan fingerprint density at radius 2 is 1.78 bits per heavy atom. The molecule has 1 saturated heterocycles. The molecule has 0 unspecified atom stereocenters.